The SMILES string of the molecule is COC(=O)c1cc(NC(=O)COc2ccc(N(Cc3ccc(Cl)cc3)S(=O)(=O)c3ccc(C)cc3)cc2)cc(C(=O)OC)c1. The smallest absolute Gasteiger partial charge is 0.337 e. The summed E-state index contributed by atoms with van der Waals surface area (Å²) in [6.07, 6.45) is 0. The van der Waals surface area contributed by atoms with Crippen molar-refractivity contribution in [2.75, 3.05) is 30.4 Å². The van der Waals surface area contributed by atoms with Crippen LogP contribution in [0.25, 0.3) is 0 Å². The van der Waals surface area contributed by atoms with E-state index in [4.69, 9.17) is 25.8 Å². The summed E-state index contributed by atoms with van der Waals surface area (Å²) in [5, 5.41) is 3.11. The van der Waals surface area contributed by atoms with Gasteiger partial charge < -0.3 is 19.5 Å². The molecular formula is C32H29ClN2O8S. The molecule has 0 aliphatic heterocycles. The van der Waals surface area contributed by atoms with E-state index in [1.165, 1.54) is 36.7 Å². The molecule has 0 spiro atoms. The lowest BCUT2D eigenvalue weighted by Gasteiger charge is -2.25. The van der Waals surface area contributed by atoms with Gasteiger partial charge in [0.1, 0.15) is 5.75 Å². The van der Waals surface area contributed by atoms with Gasteiger partial charge in [0.05, 0.1) is 42.5 Å². The number of carbonyl (C=O) groups excluding carboxylic acids is 3. The Morgan fingerprint density at radius 3 is 1.91 bits per heavy atom. The van der Waals surface area contributed by atoms with Crippen molar-refractivity contribution < 1.29 is 37.0 Å². The lowest BCUT2D eigenvalue weighted by atomic mass is 10.1. The molecule has 4 aromatic rings. The normalized spacial score (nSPS) is 10.9. The van der Waals surface area contributed by atoms with Gasteiger partial charge in [0, 0.05) is 10.7 Å². The van der Waals surface area contributed by atoms with Crippen molar-refractivity contribution in [1.82, 2.24) is 0 Å². The molecule has 0 saturated carbocycles. The van der Waals surface area contributed by atoms with Crippen molar-refractivity contribution in [3.63, 3.8) is 0 Å². The fraction of sp³-hybridized carbons (Fsp3) is 0.156. The predicted octanol–water partition coefficient (Wildman–Crippen LogP) is 5.63. The lowest BCUT2D eigenvalue weighted by molar-refractivity contribution is -0.118. The maximum absolute atomic E-state index is 13.7. The van der Waals surface area contributed by atoms with Crippen LogP contribution in [0.4, 0.5) is 11.4 Å². The van der Waals surface area contributed by atoms with Crippen molar-refractivity contribution in [2.45, 2.75) is 18.4 Å². The Morgan fingerprint density at radius 1 is 0.795 bits per heavy atom. The molecule has 0 atom stereocenters. The van der Waals surface area contributed by atoms with Gasteiger partial charge in [0.15, 0.2) is 6.61 Å². The zero-order valence-electron chi connectivity index (χ0n) is 24.1. The van der Waals surface area contributed by atoms with Gasteiger partial charge in [-0.15, -0.1) is 0 Å². The summed E-state index contributed by atoms with van der Waals surface area (Å²) >= 11 is 6.02. The van der Waals surface area contributed by atoms with Gasteiger partial charge in [0.25, 0.3) is 15.9 Å². The Kier molecular flexibility index (Phi) is 10.2. The summed E-state index contributed by atoms with van der Waals surface area (Å²) < 4.78 is 43.7. The molecule has 0 fully saturated rings. The molecule has 1 amide bonds. The summed E-state index contributed by atoms with van der Waals surface area (Å²) in [5.74, 6) is -1.66. The van der Waals surface area contributed by atoms with Crippen LogP contribution in [0.15, 0.2) is 95.9 Å². The van der Waals surface area contributed by atoms with E-state index in [0.717, 1.165) is 11.1 Å². The molecule has 0 saturated heterocycles. The number of benzene rings is 4. The number of nitrogens with one attached hydrogen (secondary N) is 1. The predicted molar refractivity (Wildman–Crippen MR) is 166 cm³/mol. The third-order valence-electron chi connectivity index (χ3n) is 6.40. The van der Waals surface area contributed by atoms with Crippen LogP contribution in [-0.2, 0) is 30.8 Å². The Morgan fingerprint density at radius 2 is 1.36 bits per heavy atom. The number of hydrogen-bond acceptors (Lipinski definition) is 8. The molecule has 0 unspecified atom stereocenters. The summed E-state index contributed by atoms with van der Waals surface area (Å²) in [7, 11) is -1.56. The maximum Gasteiger partial charge on any atom is 0.337 e. The minimum Gasteiger partial charge on any atom is -0.484 e. The molecule has 10 nitrogen and oxygen atoms in total. The number of amides is 1. The van der Waals surface area contributed by atoms with Crippen LogP contribution >= 0.6 is 11.6 Å². The van der Waals surface area contributed by atoms with E-state index in [1.54, 1.807) is 72.8 Å². The van der Waals surface area contributed by atoms with Crippen molar-refractivity contribution >= 4 is 50.8 Å². The zero-order chi connectivity index (χ0) is 31.9. The second-order valence-corrected chi connectivity index (χ2v) is 11.9. The van der Waals surface area contributed by atoms with Crippen LogP contribution < -0.4 is 14.4 Å². The van der Waals surface area contributed by atoms with E-state index in [0.29, 0.717) is 16.5 Å². The van der Waals surface area contributed by atoms with Crippen LogP contribution in [0.1, 0.15) is 31.8 Å². The first kappa shape index (κ1) is 32.1. The van der Waals surface area contributed by atoms with Crippen molar-refractivity contribution in [2.24, 2.45) is 0 Å². The molecule has 0 heterocycles. The van der Waals surface area contributed by atoms with Crippen LogP contribution in [0.5, 0.6) is 5.75 Å². The average Bonchev–Trinajstić information content (AvgIpc) is 3.03. The molecule has 12 heteroatoms. The van der Waals surface area contributed by atoms with E-state index in [2.05, 4.69) is 5.32 Å². The molecule has 228 valence electrons. The Bertz CT molecular complexity index is 1720. The number of halogens is 1. The van der Waals surface area contributed by atoms with E-state index >= 15 is 0 Å². The van der Waals surface area contributed by atoms with Gasteiger partial charge in [-0.05, 0) is 79.2 Å². The lowest BCUT2D eigenvalue weighted by Crippen LogP contribution is -2.30. The first-order chi connectivity index (χ1) is 21.0. The number of anilines is 2. The molecule has 0 bridgehead atoms. The number of nitrogens with zero attached hydrogens (tertiary/aromatic N) is 1. The standard InChI is InChI=1S/C32H29ClN2O8S/c1-21-4-14-29(15-5-21)44(39,40)35(19-22-6-8-25(33)9-7-22)27-10-12-28(13-11-27)43-20-30(36)34-26-17-23(31(37)41-2)16-24(18-26)32(38)42-3/h4-18H,19-20H2,1-3H3,(H,34,36). The highest BCUT2D eigenvalue weighted by molar-refractivity contribution is 7.92. The Labute approximate surface area is 260 Å². The summed E-state index contributed by atoms with van der Waals surface area (Å²) in [4.78, 5) is 36.8. The number of methoxy groups -OCH3 is 2. The van der Waals surface area contributed by atoms with Crippen LogP contribution in [-0.4, -0.2) is 47.1 Å². The van der Waals surface area contributed by atoms with E-state index in [9.17, 15) is 22.8 Å². The number of sulfonamides is 1. The molecule has 44 heavy (non-hydrogen) atoms. The highest BCUT2D eigenvalue weighted by atomic mass is 35.5. The topological polar surface area (TPSA) is 128 Å². The Balaban J connectivity index is 1.50. The molecule has 0 radical (unpaired) electrons. The van der Waals surface area contributed by atoms with E-state index in [-0.39, 0.29) is 28.3 Å². The van der Waals surface area contributed by atoms with Crippen LogP contribution in [0, 0.1) is 6.92 Å². The summed E-state index contributed by atoms with van der Waals surface area (Å²) in [6, 6.07) is 23.7. The highest BCUT2D eigenvalue weighted by Gasteiger charge is 2.25. The van der Waals surface area contributed by atoms with Gasteiger partial charge >= 0.3 is 11.9 Å². The third-order valence-corrected chi connectivity index (χ3v) is 8.44. The molecule has 4 aromatic carbocycles. The molecule has 4 rings (SSSR count). The van der Waals surface area contributed by atoms with Gasteiger partial charge in [-0.1, -0.05) is 41.4 Å². The number of carbonyl (C=O) groups is 3. The number of esters is 2. The molecule has 0 aliphatic carbocycles. The zero-order valence-corrected chi connectivity index (χ0v) is 25.6. The monoisotopic (exact) mass is 636 g/mol. The first-order valence-electron chi connectivity index (χ1n) is 13.2. The largest absolute Gasteiger partial charge is 0.484 e. The van der Waals surface area contributed by atoms with Gasteiger partial charge in [-0.2, -0.15) is 0 Å². The van der Waals surface area contributed by atoms with Crippen molar-refractivity contribution in [3.05, 3.63) is 118 Å². The minimum absolute atomic E-state index is 0.0472. The highest BCUT2D eigenvalue weighted by Crippen LogP contribution is 2.28. The number of aryl methyl sites for hydroxylation is 1. The second-order valence-electron chi connectivity index (χ2n) is 9.56. The third kappa shape index (κ3) is 7.94. The fourth-order valence-corrected chi connectivity index (χ4v) is 5.71. The quantitative estimate of drug-likeness (QED) is 0.210. The van der Waals surface area contributed by atoms with Crippen LogP contribution in [0.3, 0.4) is 0 Å². The molecule has 0 aliphatic rings. The molecule has 0 aromatic heterocycles. The second kappa shape index (κ2) is 14.1. The summed E-state index contributed by atoms with van der Waals surface area (Å²) in [5.41, 5.74) is 2.30. The first-order valence-corrected chi connectivity index (χ1v) is 15.0. The minimum atomic E-state index is -3.95. The number of hydrogen-bond donors (Lipinski definition) is 1. The van der Waals surface area contributed by atoms with Gasteiger partial charge in [0.2, 0.25) is 0 Å². The molecular weight excluding hydrogens is 608 g/mol. The van der Waals surface area contributed by atoms with Gasteiger partial charge in [-0.25, -0.2) is 18.0 Å². The van der Waals surface area contributed by atoms with Crippen LogP contribution in [0.2, 0.25) is 5.02 Å². The summed E-state index contributed by atoms with van der Waals surface area (Å²) in [6.45, 7) is 1.51. The number of ether oxygens (including phenoxy) is 3. The van der Waals surface area contributed by atoms with Crippen molar-refractivity contribution in [1.29, 1.82) is 0 Å². The van der Waals surface area contributed by atoms with Crippen molar-refractivity contribution in [3.8, 4) is 5.75 Å². The average molecular weight is 637 g/mol. The fourth-order valence-electron chi connectivity index (χ4n) is 4.13. The number of rotatable bonds is 11. The van der Waals surface area contributed by atoms with E-state index in [1.807, 2.05) is 6.92 Å². The van der Waals surface area contributed by atoms with Gasteiger partial charge in [-0.3, -0.25) is 9.10 Å². The maximum atomic E-state index is 13.7. The molecule has 1 N–H and O–H groups in total. The van der Waals surface area contributed by atoms with E-state index < -0.39 is 34.5 Å². The Hall–Kier alpha value is -4.87.